The highest BCUT2D eigenvalue weighted by Gasteiger charge is 2.35. The predicted octanol–water partition coefficient (Wildman–Crippen LogP) is 2.31. The van der Waals surface area contributed by atoms with Crippen molar-refractivity contribution in [3.05, 3.63) is 11.9 Å². The van der Waals surface area contributed by atoms with Gasteiger partial charge in [-0.05, 0) is 18.8 Å². The van der Waals surface area contributed by atoms with Crippen molar-refractivity contribution in [3.8, 4) is 0 Å². The Labute approximate surface area is 103 Å². The molecule has 2 rings (SSSR count). The Morgan fingerprint density at radius 2 is 1.89 bits per heavy atom. The molecule has 1 aromatic rings. The van der Waals surface area contributed by atoms with Gasteiger partial charge in [0.15, 0.2) is 0 Å². The van der Waals surface area contributed by atoms with Gasteiger partial charge in [0.25, 0.3) is 0 Å². The van der Waals surface area contributed by atoms with E-state index in [4.69, 9.17) is 5.73 Å². The van der Waals surface area contributed by atoms with Crippen LogP contribution in [0, 0.1) is 5.92 Å². The van der Waals surface area contributed by atoms with Crippen LogP contribution in [0.1, 0.15) is 25.6 Å². The van der Waals surface area contributed by atoms with Crippen LogP contribution in [-0.4, -0.2) is 23.1 Å². The van der Waals surface area contributed by atoms with Crippen LogP contribution in [0.4, 0.5) is 24.8 Å². The van der Waals surface area contributed by atoms with Gasteiger partial charge < -0.3 is 10.6 Å². The number of nitrogen functional groups attached to an aromatic ring is 1. The van der Waals surface area contributed by atoms with Crippen LogP contribution in [0.5, 0.6) is 0 Å². The molecule has 0 aromatic carbocycles. The van der Waals surface area contributed by atoms with Crippen molar-refractivity contribution in [3.63, 3.8) is 0 Å². The van der Waals surface area contributed by atoms with Gasteiger partial charge in [-0.15, -0.1) is 0 Å². The minimum absolute atomic E-state index is 0.147. The fourth-order valence-electron chi connectivity index (χ4n) is 1.98. The lowest BCUT2D eigenvalue weighted by Crippen LogP contribution is -2.34. The fourth-order valence-corrected chi connectivity index (χ4v) is 1.98. The van der Waals surface area contributed by atoms with Crippen molar-refractivity contribution in [1.82, 2.24) is 9.97 Å². The van der Waals surface area contributed by atoms with Crippen molar-refractivity contribution in [1.29, 1.82) is 0 Å². The molecule has 100 valence electrons. The van der Waals surface area contributed by atoms with Gasteiger partial charge in [0.1, 0.15) is 11.6 Å². The second-order valence-corrected chi connectivity index (χ2v) is 4.64. The molecule has 0 unspecified atom stereocenters. The zero-order valence-corrected chi connectivity index (χ0v) is 10.0. The lowest BCUT2D eigenvalue weighted by Gasteiger charge is -2.31. The summed E-state index contributed by atoms with van der Waals surface area (Å²) < 4.78 is 37.7. The van der Waals surface area contributed by atoms with E-state index in [2.05, 4.69) is 16.9 Å². The molecule has 0 radical (unpaired) electrons. The lowest BCUT2D eigenvalue weighted by molar-refractivity contribution is -0.144. The van der Waals surface area contributed by atoms with Gasteiger partial charge in [-0.2, -0.15) is 13.2 Å². The van der Waals surface area contributed by atoms with E-state index < -0.39 is 12.0 Å². The van der Waals surface area contributed by atoms with Gasteiger partial charge in [-0.1, -0.05) is 6.92 Å². The van der Waals surface area contributed by atoms with Gasteiger partial charge in [-0.3, -0.25) is 0 Å². The highest BCUT2D eigenvalue weighted by molar-refractivity contribution is 5.47. The zero-order chi connectivity index (χ0) is 13.3. The second-order valence-electron chi connectivity index (χ2n) is 4.64. The van der Waals surface area contributed by atoms with Gasteiger partial charge >= 0.3 is 6.18 Å². The number of anilines is 2. The molecule has 1 saturated heterocycles. The minimum atomic E-state index is -4.56. The number of aromatic nitrogens is 2. The standard InChI is InChI=1S/C11H15F3N4/c1-7-2-4-18(5-3-7)9-6-8(15)16-10(17-9)11(12,13)14/h6-7H,2-5H2,1H3,(H2,15,16,17). The number of hydrogen-bond acceptors (Lipinski definition) is 4. The molecule has 4 nitrogen and oxygen atoms in total. The maximum Gasteiger partial charge on any atom is 0.451 e. The Balaban J connectivity index is 2.25. The zero-order valence-electron chi connectivity index (χ0n) is 10.0. The summed E-state index contributed by atoms with van der Waals surface area (Å²) in [5.74, 6) is -0.452. The number of halogens is 3. The van der Waals surface area contributed by atoms with Crippen LogP contribution in [0.15, 0.2) is 6.07 Å². The van der Waals surface area contributed by atoms with Crippen molar-refractivity contribution in [2.45, 2.75) is 25.9 Å². The molecule has 2 N–H and O–H groups in total. The number of piperidine rings is 1. The van der Waals surface area contributed by atoms with Gasteiger partial charge in [0.2, 0.25) is 5.82 Å². The summed E-state index contributed by atoms with van der Waals surface area (Å²) in [5, 5.41) is 0. The molecule has 7 heteroatoms. The monoisotopic (exact) mass is 260 g/mol. The quantitative estimate of drug-likeness (QED) is 0.842. The van der Waals surface area contributed by atoms with E-state index in [0.717, 1.165) is 12.8 Å². The summed E-state index contributed by atoms with van der Waals surface area (Å²) in [5.41, 5.74) is 5.41. The van der Waals surface area contributed by atoms with Crippen molar-refractivity contribution < 1.29 is 13.2 Å². The molecular weight excluding hydrogens is 245 g/mol. The maximum atomic E-state index is 12.6. The molecule has 1 aliphatic heterocycles. The highest BCUT2D eigenvalue weighted by atomic mass is 19.4. The summed E-state index contributed by atoms with van der Waals surface area (Å²) in [6.07, 6.45) is -2.66. The first-order valence-electron chi connectivity index (χ1n) is 5.83. The Hall–Kier alpha value is -1.53. The average molecular weight is 260 g/mol. The second kappa shape index (κ2) is 4.62. The molecule has 18 heavy (non-hydrogen) atoms. The number of alkyl halides is 3. The lowest BCUT2D eigenvalue weighted by atomic mass is 9.99. The van der Waals surface area contributed by atoms with Gasteiger partial charge in [0.05, 0.1) is 0 Å². The largest absolute Gasteiger partial charge is 0.451 e. The van der Waals surface area contributed by atoms with Crippen LogP contribution in [0.2, 0.25) is 0 Å². The summed E-state index contributed by atoms with van der Waals surface area (Å²) in [4.78, 5) is 8.62. The minimum Gasteiger partial charge on any atom is -0.384 e. The van der Waals surface area contributed by atoms with Crippen LogP contribution in [0.3, 0.4) is 0 Å². The van der Waals surface area contributed by atoms with Crippen LogP contribution in [0.25, 0.3) is 0 Å². The van der Waals surface area contributed by atoms with Crippen molar-refractivity contribution in [2.75, 3.05) is 23.7 Å². The number of rotatable bonds is 1. The van der Waals surface area contributed by atoms with E-state index in [1.54, 1.807) is 0 Å². The first-order valence-corrected chi connectivity index (χ1v) is 5.83. The van der Waals surface area contributed by atoms with E-state index in [1.165, 1.54) is 6.07 Å². The third-order valence-electron chi connectivity index (χ3n) is 3.09. The molecule has 1 fully saturated rings. The molecule has 0 bridgehead atoms. The normalized spacial score (nSPS) is 18.1. The third-order valence-corrected chi connectivity index (χ3v) is 3.09. The fraction of sp³-hybridized carbons (Fsp3) is 0.636. The molecule has 0 saturated carbocycles. The topological polar surface area (TPSA) is 55.0 Å². The molecule has 2 heterocycles. The number of nitrogens with two attached hydrogens (primary N) is 1. The molecule has 0 aliphatic carbocycles. The van der Waals surface area contributed by atoms with E-state index in [0.29, 0.717) is 19.0 Å². The first kappa shape index (κ1) is 12.9. The van der Waals surface area contributed by atoms with Gasteiger partial charge in [-0.25, -0.2) is 9.97 Å². The highest BCUT2D eigenvalue weighted by Crippen LogP contribution is 2.29. The molecular formula is C11H15F3N4. The maximum absolute atomic E-state index is 12.6. The first-order chi connectivity index (χ1) is 8.36. The molecule has 1 aromatic heterocycles. The van der Waals surface area contributed by atoms with Crippen molar-refractivity contribution in [2.24, 2.45) is 5.92 Å². The van der Waals surface area contributed by atoms with E-state index in [9.17, 15) is 13.2 Å². The van der Waals surface area contributed by atoms with Crippen molar-refractivity contribution >= 4 is 11.6 Å². The Kier molecular flexibility index (Phi) is 3.32. The van der Waals surface area contributed by atoms with E-state index >= 15 is 0 Å². The van der Waals surface area contributed by atoms with Crippen LogP contribution >= 0.6 is 0 Å². The molecule has 0 spiro atoms. The van der Waals surface area contributed by atoms with Crippen LogP contribution < -0.4 is 10.6 Å². The Morgan fingerprint density at radius 3 is 2.44 bits per heavy atom. The van der Waals surface area contributed by atoms with E-state index in [1.807, 2.05) is 4.90 Å². The summed E-state index contributed by atoms with van der Waals surface area (Å²) in [6, 6.07) is 1.39. The van der Waals surface area contributed by atoms with Crippen LogP contribution in [-0.2, 0) is 6.18 Å². The molecule has 0 amide bonds. The smallest absolute Gasteiger partial charge is 0.384 e. The summed E-state index contributed by atoms with van der Waals surface area (Å²) >= 11 is 0. The number of nitrogens with zero attached hydrogens (tertiary/aromatic N) is 3. The predicted molar refractivity (Wildman–Crippen MR) is 62.1 cm³/mol. The average Bonchev–Trinajstić information content (AvgIpc) is 2.28. The Bertz CT molecular complexity index is 425. The molecule has 0 atom stereocenters. The van der Waals surface area contributed by atoms with E-state index in [-0.39, 0.29) is 11.6 Å². The number of hydrogen-bond donors (Lipinski definition) is 1. The summed E-state index contributed by atoms with van der Waals surface area (Å²) in [6.45, 7) is 3.54. The van der Waals surface area contributed by atoms with Gasteiger partial charge in [0, 0.05) is 19.2 Å². The molecule has 1 aliphatic rings. The third kappa shape index (κ3) is 2.83. The SMILES string of the molecule is CC1CCN(c2cc(N)nc(C(F)(F)F)n2)CC1. The summed E-state index contributed by atoms with van der Waals surface area (Å²) in [7, 11) is 0. The Morgan fingerprint density at radius 1 is 1.28 bits per heavy atom.